The van der Waals surface area contributed by atoms with E-state index in [1.165, 1.54) is 6.07 Å². The van der Waals surface area contributed by atoms with E-state index in [0.717, 1.165) is 18.9 Å². The standard InChI is InChI=1S/C13H18BrFN2O3/c1-3-13(4-2,8-18)7-16-11-5-9(14)10(15)6-12(11)17(19)20/h5-6,16,18H,3-4,7-8H2,1-2H3. The van der Waals surface area contributed by atoms with E-state index in [0.29, 0.717) is 6.54 Å². The van der Waals surface area contributed by atoms with Crippen LogP contribution in [-0.2, 0) is 0 Å². The third-order valence-electron chi connectivity index (χ3n) is 3.72. The Bertz CT molecular complexity index is 484. The zero-order chi connectivity index (χ0) is 15.3. The number of hydrogen-bond acceptors (Lipinski definition) is 4. The second-order valence-electron chi connectivity index (χ2n) is 4.76. The van der Waals surface area contributed by atoms with Crippen molar-refractivity contribution in [3.8, 4) is 0 Å². The molecule has 1 aromatic rings. The van der Waals surface area contributed by atoms with E-state index >= 15 is 0 Å². The molecule has 0 fully saturated rings. The Balaban J connectivity index is 3.03. The van der Waals surface area contributed by atoms with Gasteiger partial charge >= 0.3 is 0 Å². The molecule has 5 nitrogen and oxygen atoms in total. The highest BCUT2D eigenvalue weighted by Crippen LogP contribution is 2.33. The van der Waals surface area contributed by atoms with Crippen LogP contribution in [0.2, 0.25) is 0 Å². The average molecular weight is 349 g/mol. The smallest absolute Gasteiger partial charge is 0.295 e. The summed E-state index contributed by atoms with van der Waals surface area (Å²) in [6.07, 6.45) is 1.48. The van der Waals surface area contributed by atoms with Crippen LogP contribution in [-0.4, -0.2) is 23.2 Å². The summed E-state index contributed by atoms with van der Waals surface area (Å²) in [6.45, 7) is 4.28. The Morgan fingerprint density at radius 3 is 2.50 bits per heavy atom. The lowest BCUT2D eigenvalue weighted by molar-refractivity contribution is -0.384. The molecule has 112 valence electrons. The molecule has 2 N–H and O–H groups in total. The summed E-state index contributed by atoms with van der Waals surface area (Å²) >= 11 is 3.01. The highest BCUT2D eigenvalue weighted by Gasteiger charge is 2.26. The van der Waals surface area contributed by atoms with E-state index in [4.69, 9.17) is 0 Å². The van der Waals surface area contributed by atoms with Gasteiger partial charge in [0.15, 0.2) is 0 Å². The molecule has 0 aliphatic heterocycles. The maximum absolute atomic E-state index is 13.4. The first kappa shape index (κ1) is 16.8. The molecule has 0 aliphatic rings. The molecule has 0 saturated heterocycles. The van der Waals surface area contributed by atoms with Crippen LogP contribution in [0.15, 0.2) is 16.6 Å². The minimum absolute atomic E-state index is 0.0108. The van der Waals surface area contributed by atoms with Gasteiger partial charge < -0.3 is 10.4 Å². The van der Waals surface area contributed by atoms with Crippen molar-refractivity contribution in [2.24, 2.45) is 5.41 Å². The Morgan fingerprint density at radius 1 is 1.45 bits per heavy atom. The molecular formula is C13H18BrFN2O3. The van der Waals surface area contributed by atoms with E-state index in [1.807, 2.05) is 13.8 Å². The minimum Gasteiger partial charge on any atom is -0.396 e. The topological polar surface area (TPSA) is 75.4 Å². The Labute approximate surface area is 125 Å². The number of nitro benzene ring substituents is 1. The molecule has 0 aliphatic carbocycles. The molecule has 0 atom stereocenters. The summed E-state index contributed by atoms with van der Waals surface area (Å²) in [6, 6.07) is 2.23. The summed E-state index contributed by atoms with van der Waals surface area (Å²) in [4.78, 5) is 10.3. The van der Waals surface area contributed by atoms with Crippen LogP contribution in [0.4, 0.5) is 15.8 Å². The van der Waals surface area contributed by atoms with E-state index in [9.17, 15) is 19.6 Å². The number of aliphatic hydroxyl groups is 1. The highest BCUT2D eigenvalue weighted by atomic mass is 79.9. The molecule has 0 radical (unpaired) electrons. The van der Waals surface area contributed by atoms with Crippen molar-refractivity contribution in [3.05, 3.63) is 32.5 Å². The SMILES string of the molecule is CCC(CC)(CO)CNc1cc(Br)c(F)cc1[N+](=O)[O-]. The summed E-state index contributed by atoms with van der Waals surface area (Å²) < 4.78 is 13.5. The number of hydrogen-bond donors (Lipinski definition) is 2. The Morgan fingerprint density at radius 2 is 2.05 bits per heavy atom. The quantitative estimate of drug-likeness (QED) is 0.581. The highest BCUT2D eigenvalue weighted by molar-refractivity contribution is 9.10. The fraction of sp³-hybridized carbons (Fsp3) is 0.538. The van der Waals surface area contributed by atoms with Crippen molar-refractivity contribution in [1.82, 2.24) is 0 Å². The third-order valence-corrected chi connectivity index (χ3v) is 4.33. The lowest BCUT2D eigenvalue weighted by atomic mass is 9.83. The number of nitrogens with zero attached hydrogens (tertiary/aromatic N) is 1. The molecule has 1 aromatic carbocycles. The van der Waals surface area contributed by atoms with Crippen molar-refractivity contribution < 1.29 is 14.4 Å². The fourth-order valence-electron chi connectivity index (χ4n) is 1.89. The van der Waals surface area contributed by atoms with Gasteiger partial charge in [0.05, 0.1) is 22.1 Å². The van der Waals surface area contributed by atoms with Crippen molar-refractivity contribution in [2.45, 2.75) is 26.7 Å². The molecule has 0 heterocycles. The Hall–Kier alpha value is -1.21. The Kier molecular flexibility index (Phi) is 5.88. The van der Waals surface area contributed by atoms with E-state index in [-0.39, 0.29) is 27.9 Å². The van der Waals surface area contributed by atoms with Gasteiger partial charge in [0.1, 0.15) is 11.5 Å². The van der Waals surface area contributed by atoms with Crippen LogP contribution in [0.1, 0.15) is 26.7 Å². The second-order valence-corrected chi connectivity index (χ2v) is 5.61. The van der Waals surface area contributed by atoms with Crippen LogP contribution in [0.5, 0.6) is 0 Å². The number of anilines is 1. The van der Waals surface area contributed by atoms with Crippen LogP contribution in [0.3, 0.4) is 0 Å². The van der Waals surface area contributed by atoms with Crippen LogP contribution < -0.4 is 5.32 Å². The molecule has 0 spiro atoms. The van der Waals surface area contributed by atoms with Gasteiger partial charge in [-0.25, -0.2) is 4.39 Å². The number of nitro groups is 1. The number of aliphatic hydroxyl groups excluding tert-OH is 1. The van der Waals surface area contributed by atoms with E-state index in [1.54, 1.807) is 0 Å². The van der Waals surface area contributed by atoms with Crippen LogP contribution in [0.25, 0.3) is 0 Å². The van der Waals surface area contributed by atoms with Gasteiger partial charge in [-0.3, -0.25) is 10.1 Å². The predicted octanol–water partition coefficient (Wildman–Crippen LogP) is 3.71. The molecule has 0 aromatic heterocycles. The maximum Gasteiger partial charge on any atom is 0.295 e. The first-order chi connectivity index (χ1) is 9.39. The van der Waals surface area contributed by atoms with E-state index in [2.05, 4.69) is 21.2 Å². The van der Waals surface area contributed by atoms with E-state index < -0.39 is 10.7 Å². The van der Waals surface area contributed by atoms with Crippen molar-refractivity contribution in [2.75, 3.05) is 18.5 Å². The zero-order valence-corrected chi connectivity index (χ0v) is 13.0. The monoisotopic (exact) mass is 348 g/mol. The summed E-state index contributed by atoms with van der Waals surface area (Å²) in [7, 11) is 0. The normalized spacial score (nSPS) is 11.4. The number of rotatable bonds is 7. The average Bonchev–Trinajstić information content (AvgIpc) is 2.44. The van der Waals surface area contributed by atoms with Crippen molar-refractivity contribution in [1.29, 1.82) is 0 Å². The van der Waals surface area contributed by atoms with Crippen LogP contribution >= 0.6 is 15.9 Å². The van der Waals surface area contributed by atoms with Crippen molar-refractivity contribution >= 4 is 27.3 Å². The molecule has 0 amide bonds. The van der Waals surface area contributed by atoms with Crippen molar-refractivity contribution in [3.63, 3.8) is 0 Å². The first-order valence-corrected chi connectivity index (χ1v) is 7.16. The molecule has 0 saturated carbocycles. The minimum atomic E-state index is -0.679. The van der Waals surface area contributed by atoms with Gasteiger partial charge in [0, 0.05) is 12.0 Å². The van der Waals surface area contributed by atoms with Gasteiger partial charge in [0.2, 0.25) is 0 Å². The molecule has 20 heavy (non-hydrogen) atoms. The lowest BCUT2D eigenvalue weighted by Gasteiger charge is -2.29. The number of benzene rings is 1. The van der Waals surface area contributed by atoms with Gasteiger partial charge in [-0.15, -0.1) is 0 Å². The molecule has 0 unspecified atom stereocenters. The van der Waals surface area contributed by atoms with Gasteiger partial charge in [-0.1, -0.05) is 13.8 Å². The molecule has 7 heteroatoms. The third kappa shape index (κ3) is 3.67. The summed E-state index contributed by atoms with van der Waals surface area (Å²) in [5.74, 6) is -0.679. The largest absolute Gasteiger partial charge is 0.396 e. The molecule has 1 rings (SSSR count). The van der Waals surface area contributed by atoms with Gasteiger partial charge in [-0.05, 0) is 34.8 Å². The fourth-order valence-corrected chi connectivity index (χ4v) is 2.23. The predicted molar refractivity (Wildman–Crippen MR) is 79.3 cm³/mol. The first-order valence-electron chi connectivity index (χ1n) is 6.37. The number of nitrogens with one attached hydrogen (secondary N) is 1. The van der Waals surface area contributed by atoms with Crippen LogP contribution in [0, 0.1) is 21.3 Å². The lowest BCUT2D eigenvalue weighted by Crippen LogP contribution is -2.32. The second kappa shape index (κ2) is 6.99. The zero-order valence-electron chi connectivity index (χ0n) is 11.4. The van der Waals surface area contributed by atoms with Gasteiger partial charge in [-0.2, -0.15) is 0 Å². The van der Waals surface area contributed by atoms with Gasteiger partial charge in [0.25, 0.3) is 5.69 Å². The number of halogens is 2. The summed E-state index contributed by atoms with van der Waals surface area (Å²) in [5.41, 5.74) is -0.415. The summed E-state index contributed by atoms with van der Waals surface area (Å²) in [5, 5.41) is 23.4. The maximum atomic E-state index is 13.4. The molecule has 0 bridgehead atoms. The molecular weight excluding hydrogens is 331 g/mol.